The van der Waals surface area contributed by atoms with E-state index in [-0.39, 0.29) is 0 Å². The number of anilines is 3. The number of para-hydroxylation sites is 3. The SMILES string of the molecule is c1ccc(N(c2ccc(-c3ccc4ccccc4c3)cc2)c2ccc(C3(c4cccc5c4oc4ccccc45)c4ccccc4-c4ccccc43)cc2)cc1. The lowest BCUT2D eigenvalue weighted by atomic mass is 9.67. The predicted molar refractivity (Wildman–Crippen MR) is 229 cm³/mol. The number of fused-ring (bicyclic) bond motifs is 7. The molecule has 0 atom stereocenters. The number of hydrogen-bond donors (Lipinski definition) is 0. The van der Waals surface area contributed by atoms with Gasteiger partial charge in [0.1, 0.15) is 11.2 Å². The Bertz CT molecular complexity index is 2980. The smallest absolute Gasteiger partial charge is 0.140 e. The third-order valence-electron chi connectivity index (χ3n) is 11.5. The van der Waals surface area contributed by atoms with Gasteiger partial charge in [0.25, 0.3) is 0 Å². The molecule has 0 amide bonds. The van der Waals surface area contributed by atoms with E-state index in [4.69, 9.17) is 4.42 Å². The van der Waals surface area contributed by atoms with Gasteiger partial charge in [-0.15, -0.1) is 0 Å². The van der Waals surface area contributed by atoms with E-state index in [0.717, 1.165) is 44.6 Å². The summed E-state index contributed by atoms with van der Waals surface area (Å²) in [6.07, 6.45) is 0. The van der Waals surface area contributed by atoms with Gasteiger partial charge in [0.2, 0.25) is 0 Å². The van der Waals surface area contributed by atoms with Crippen LogP contribution in [0.2, 0.25) is 0 Å². The van der Waals surface area contributed by atoms with Crippen LogP contribution in [0.3, 0.4) is 0 Å². The molecule has 0 saturated heterocycles. The van der Waals surface area contributed by atoms with Gasteiger partial charge < -0.3 is 9.32 Å². The Labute approximate surface area is 320 Å². The lowest BCUT2D eigenvalue weighted by Gasteiger charge is -2.34. The highest BCUT2D eigenvalue weighted by molar-refractivity contribution is 6.07. The van der Waals surface area contributed by atoms with E-state index in [1.165, 1.54) is 49.7 Å². The quantitative estimate of drug-likeness (QED) is 0.172. The molecule has 0 saturated carbocycles. The minimum absolute atomic E-state index is 0.599. The molecule has 258 valence electrons. The van der Waals surface area contributed by atoms with Crippen LogP contribution in [-0.4, -0.2) is 0 Å². The summed E-state index contributed by atoms with van der Waals surface area (Å²) in [6, 6.07) is 76.9. The fraction of sp³-hybridized carbons (Fsp3) is 0.0189. The van der Waals surface area contributed by atoms with Crippen LogP contribution in [0.15, 0.2) is 217 Å². The highest BCUT2D eigenvalue weighted by Crippen LogP contribution is 2.58. The van der Waals surface area contributed by atoms with Gasteiger partial charge in [-0.2, -0.15) is 0 Å². The summed E-state index contributed by atoms with van der Waals surface area (Å²) in [5.41, 5.74) is 14.3. The first-order valence-electron chi connectivity index (χ1n) is 18.9. The molecule has 0 N–H and O–H groups in total. The summed E-state index contributed by atoms with van der Waals surface area (Å²) in [5.74, 6) is 0. The Morgan fingerprint density at radius 1 is 0.364 bits per heavy atom. The highest BCUT2D eigenvalue weighted by Gasteiger charge is 2.47. The maximum atomic E-state index is 6.80. The Kier molecular flexibility index (Phi) is 7.11. The van der Waals surface area contributed by atoms with Crippen LogP contribution in [0.5, 0.6) is 0 Å². The van der Waals surface area contributed by atoms with Crippen molar-refractivity contribution >= 4 is 49.8 Å². The van der Waals surface area contributed by atoms with Crippen LogP contribution in [0.4, 0.5) is 17.1 Å². The summed E-state index contributed by atoms with van der Waals surface area (Å²) >= 11 is 0. The summed E-state index contributed by atoms with van der Waals surface area (Å²) in [6.45, 7) is 0. The molecule has 10 aromatic rings. The van der Waals surface area contributed by atoms with Crippen LogP contribution < -0.4 is 4.90 Å². The van der Waals surface area contributed by atoms with Crippen molar-refractivity contribution in [2.45, 2.75) is 5.41 Å². The largest absolute Gasteiger partial charge is 0.456 e. The van der Waals surface area contributed by atoms with Gasteiger partial charge >= 0.3 is 0 Å². The molecule has 0 spiro atoms. The number of nitrogens with zero attached hydrogens (tertiary/aromatic N) is 1. The predicted octanol–water partition coefficient (Wildman–Crippen LogP) is 14.2. The third-order valence-corrected chi connectivity index (χ3v) is 11.5. The van der Waals surface area contributed by atoms with Gasteiger partial charge in [0, 0.05) is 33.4 Å². The van der Waals surface area contributed by atoms with E-state index in [2.05, 4.69) is 217 Å². The summed E-state index contributed by atoms with van der Waals surface area (Å²) in [4.78, 5) is 2.34. The van der Waals surface area contributed by atoms with Crippen LogP contribution in [0, 0.1) is 0 Å². The second kappa shape index (κ2) is 12.5. The molecule has 1 aliphatic rings. The van der Waals surface area contributed by atoms with Crippen molar-refractivity contribution in [2.75, 3.05) is 4.90 Å². The molecular formula is C53H35NO. The molecule has 0 unspecified atom stereocenters. The topological polar surface area (TPSA) is 16.4 Å². The van der Waals surface area contributed by atoms with E-state index >= 15 is 0 Å². The van der Waals surface area contributed by atoms with Crippen molar-refractivity contribution in [2.24, 2.45) is 0 Å². The van der Waals surface area contributed by atoms with Crippen molar-refractivity contribution in [1.82, 2.24) is 0 Å². The lowest BCUT2D eigenvalue weighted by molar-refractivity contribution is 0.648. The average molecular weight is 702 g/mol. The van der Waals surface area contributed by atoms with Crippen LogP contribution in [0.25, 0.3) is 55.0 Å². The summed E-state index contributed by atoms with van der Waals surface area (Å²) in [5, 5.41) is 4.77. The fourth-order valence-electron chi connectivity index (χ4n) is 9.09. The average Bonchev–Trinajstić information content (AvgIpc) is 3.79. The van der Waals surface area contributed by atoms with Crippen molar-refractivity contribution in [3.05, 3.63) is 235 Å². The van der Waals surface area contributed by atoms with Gasteiger partial charge in [-0.25, -0.2) is 0 Å². The van der Waals surface area contributed by atoms with Gasteiger partial charge in [-0.3, -0.25) is 0 Å². The van der Waals surface area contributed by atoms with Gasteiger partial charge in [0.05, 0.1) is 5.41 Å². The number of furan rings is 1. The molecule has 11 rings (SSSR count). The fourth-order valence-corrected chi connectivity index (χ4v) is 9.09. The van der Waals surface area contributed by atoms with Crippen LogP contribution in [0.1, 0.15) is 22.3 Å². The highest BCUT2D eigenvalue weighted by atomic mass is 16.3. The van der Waals surface area contributed by atoms with E-state index < -0.39 is 5.41 Å². The Morgan fingerprint density at radius 2 is 0.909 bits per heavy atom. The first-order valence-corrected chi connectivity index (χ1v) is 18.9. The summed E-state index contributed by atoms with van der Waals surface area (Å²) < 4.78 is 6.80. The zero-order valence-electron chi connectivity index (χ0n) is 30.1. The van der Waals surface area contributed by atoms with Crippen LogP contribution in [-0.2, 0) is 5.41 Å². The minimum Gasteiger partial charge on any atom is -0.456 e. The molecule has 0 fully saturated rings. The minimum atomic E-state index is -0.599. The van der Waals surface area contributed by atoms with Gasteiger partial charge in [0.15, 0.2) is 0 Å². The molecule has 9 aromatic carbocycles. The van der Waals surface area contributed by atoms with Crippen molar-refractivity contribution < 1.29 is 4.42 Å². The van der Waals surface area contributed by atoms with Crippen molar-refractivity contribution in [3.63, 3.8) is 0 Å². The summed E-state index contributed by atoms with van der Waals surface area (Å²) in [7, 11) is 0. The van der Waals surface area contributed by atoms with Gasteiger partial charge in [-0.1, -0.05) is 164 Å². The lowest BCUT2D eigenvalue weighted by Crippen LogP contribution is -2.28. The molecule has 1 heterocycles. The Balaban J connectivity index is 1.08. The number of rotatable bonds is 6. The molecule has 1 aliphatic carbocycles. The molecule has 0 bridgehead atoms. The zero-order valence-corrected chi connectivity index (χ0v) is 30.1. The van der Waals surface area contributed by atoms with E-state index in [9.17, 15) is 0 Å². The normalized spacial score (nSPS) is 12.9. The van der Waals surface area contributed by atoms with E-state index in [1.807, 2.05) is 0 Å². The third kappa shape index (κ3) is 4.82. The van der Waals surface area contributed by atoms with Crippen molar-refractivity contribution in [1.29, 1.82) is 0 Å². The first kappa shape index (κ1) is 31.4. The monoisotopic (exact) mass is 701 g/mol. The molecule has 2 heteroatoms. The maximum absolute atomic E-state index is 6.80. The molecule has 0 aliphatic heterocycles. The standard InChI is InChI=1S/C53H35NO/c1-2-15-41(16-3-1)54(42-31-27-37(28-32-42)39-26-25-36-13-4-5-14-38(36)35-39)43-33-29-40(30-34-43)53(48-21-9-6-17-44(48)45-18-7-10-22-49(45)53)50-23-12-20-47-46-19-8-11-24-51(46)55-52(47)50/h1-35H. The van der Waals surface area contributed by atoms with E-state index in [0.29, 0.717) is 0 Å². The van der Waals surface area contributed by atoms with Gasteiger partial charge in [-0.05, 0) is 98.2 Å². The maximum Gasteiger partial charge on any atom is 0.140 e. The molecule has 0 radical (unpaired) electrons. The molecule has 55 heavy (non-hydrogen) atoms. The second-order valence-electron chi connectivity index (χ2n) is 14.4. The van der Waals surface area contributed by atoms with E-state index in [1.54, 1.807) is 0 Å². The molecule has 2 nitrogen and oxygen atoms in total. The zero-order chi connectivity index (χ0) is 36.3. The molecule has 1 aromatic heterocycles. The van der Waals surface area contributed by atoms with Crippen molar-refractivity contribution in [3.8, 4) is 22.3 Å². The van der Waals surface area contributed by atoms with Crippen LogP contribution >= 0.6 is 0 Å². The molecular weight excluding hydrogens is 667 g/mol. The first-order chi connectivity index (χ1) is 27.3. The Hall–Kier alpha value is -7.16. The number of hydrogen-bond acceptors (Lipinski definition) is 2. The Morgan fingerprint density at radius 3 is 1.65 bits per heavy atom. The second-order valence-corrected chi connectivity index (χ2v) is 14.4. The number of benzene rings is 9.